The monoisotopic (exact) mass is 528 g/mol. The number of H-pyrrole nitrogens is 1. The second kappa shape index (κ2) is 10.7. The molecule has 0 atom stereocenters. The molecular weight excluding hydrogens is 504 g/mol. The first kappa shape index (κ1) is 25.5. The van der Waals surface area contributed by atoms with Crippen molar-refractivity contribution in [1.82, 2.24) is 19.7 Å². The molecule has 0 aliphatic rings. The van der Waals surface area contributed by atoms with Crippen LogP contribution in [-0.2, 0) is 20.9 Å². The number of methoxy groups -OCH3 is 1. The number of carbonyl (C=O) groups excluding carboxylic acids is 2. The quantitative estimate of drug-likeness (QED) is 0.292. The normalized spacial score (nSPS) is 10.9. The van der Waals surface area contributed by atoms with Crippen LogP contribution in [0.15, 0.2) is 70.0 Å². The molecule has 11 nitrogen and oxygen atoms in total. The van der Waals surface area contributed by atoms with Crippen LogP contribution in [0.4, 0.5) is 0 Å². The third-order valence-electron chi connectivity index (χ3n) is 6.02. The fraction of sp³-hybridized carbons (Fsp3) is 0.179. The molecule has 39 heavy (non-hydrogen) atoms. The molecule has 0 aliphatic carbocycles. The van der Waals surface area contributed by atoms with Gasteiger partial charge in [-0.25, -0.2) is 9.59 Å². The summed E-state index contributed by atoms with van der Waals surface area (Å²) >= 11 is 0. The molecule has 11 heteroatoms. The van der Waals surface area contributed by atoms with E-state index in [0.717, 1.165) is 11.1 Å². The number of rotatable bonds is 8. The lowest BCUT2D eigenvalue weighted by molar-refractivity contribution is -0.142. The molecule has 3 aromatic carbocycles. The lowest BCUT2D eigenvalue weighted by Gasteiger charge is -2.13. The molecule has 0 unspecified atom stereocenters. The Morgan fingerprint density at radius 2 is 1.74 bits per heavy atom. The zero-order valence-corrected chi connectivity index (χ0v) is 21.4. The Morgan fingerprint density at radius 1 is 1.00 bits per heavy atom. The summed E-state index contributed by atoms with van der Waals surface area (Å²) in [4.78, 5) is 44.2. The van der Waals surface area contributed by atoms with E-state index in [0.29, 0.717) is 40.3 Å². The molecule has 2 aromatic heterocycles. The van der Waals surface area contributed by atoms with Gasteiger partial charge in [0.2, 0.25) is 0 Å². The predicted octanol–water partition coefficient (Wildman–Crippen LogP) is 4.28. The summed E-state index contributed by atoms with van der Waals surface area (Å²) in [7, 11) is 1.31. The molecule has 0 amide bonds. The first-order valence-electron chi connectivity index (χ1n) is 12.1. The van der Waals surface area contributed by atoms with Crippen molar-refractivity contribution in [1.29, 1.82) is 0 Å². The third kappa shape index (κ3) is 4.89. The van der Waals surface area contributed by atoms with Crippen LogP contribution in [0.25, 0.3) is 39.2 Å². The van der Waals surface area contributed by atoms with E-state index in [9.17, 15) is 14.4 Å². The zero-order valence-electron chi connectivity index (χ0n) is 21.4. The zero-order chi connectivity index (χ0) is 27.5. The van der Waals surface area contributed by atoms with Gasteiger partial charge in [0.05, 0.1) is 30.5 Å². The van der Waals surface area contributed by atoms with Crippen molar-refractivity contribution >= 4 is 23.0 Å². The number of imidazole rings is 1. The number of carbonyl (C=O) groups is 2. The highest BCUT2D eigenvalue weighted by Gasteiger charge is 2.24. The van der Waals surface area contributed by atoms with E-state index in [1.807, 2.05) is 55.5 Å². The van der Waals surface area contributed by atoms with Crippen molar-refractivity contribution in [3.8, 4) is 34.2 Å². The molecule has 198 valence electrons. The van der Waals surface area contributed by atoms with Crippen molar-refractivity contribution in [3.05, 3.63) is 82.3 Å². The third-order valence-corrected chi connectivity index (χ3v) is 6.02. The van der Waals surface area contributed by atoms with E-state index in [2.05, 4.69) is 15.1 Å². The van der Waals surface area contributed by atoms with Gasteiger partial charge in [0, 0.05) is 18.1 Å². The van der Waals surface area contributed by atoms with Crippen LogP contribution in [0.5, 0.6) is 6.01 Å². The highest BCUT2D eigenvalue weighted by molar-refractivity contribution is 6.04. The van der Waals surface area contributed by atoms with Gasteiger partial charge in [-0.2, -0.15) is 15.1 Å². The van der Waals surface area contributed by atoms with Gasteiger partial charge in [0.25, 0.3) is 0 Å². The molecular formula is C28H24N4O7. The minimum Gasteiger partial charge on any atom is -0.465 e. The number of hydrogen-bond donors (Lipinski definition) is 1. The standard InChI is InChI=1S/C28H24N4O7/c1-4-37-27-29-23-18(15-38-16(2)33)11-14-22(26(34)36-3)24(23)32(27)19-12-9-17(10-13-19)20-7-5-6-8-21(20)25-30-28(35)39-31-25/h5-14H,4,15H2,1-3H3,(H,30,31,35). The van der Waals surface area contributed by atoms with E-state index in [1.165, 1.54) is 14.0 Å². The second-order valence-electron chi connectivity index (χ2n) is 8.43. The minimum atomic E-state index is -0.708. The summed E-state index contributed by atoms with van der Waals surface area (Å²) in [5, 5.41) is 2.55. The number of nitrogens with zero attached hydrogens (tertiary/aromatic N) is 3. The topological polar surface area (TPSA) is 139 Å². The largest absolute Gasteiger partial charge is 0.465 e. The summed E-state index contributed by atoms with van der Waals surface area (Å²) < 4.78 is 22.6. The van der Waals surface area contributed by atoms with E-state index in [1.54, 1.807) is 16.7 Å². The first-order chi connectivity index (χ1) is 18.9. The fourth-order valence-corrected chi connectivity index (χ4v) is 4.33. The van der Waals surface area contributed by atoms with E-state index in [4.69, 9.17) is 18.7 Å². The summed E-state index contributed by atoms with van der Waals surface area (Å²) in [6.07, 6.45) is 0. The Hall–Kier alpha value is -5.19. The molecule has 1 N–H and O–H groups in total. The number of hydrogen-bond acceptors (Lipinski definition) is 9. The van der Waals surface area contributed by atoms with Gasteiger partial charge in [-0.1, -0.05) is 42.5 Å². The van der Waals surface area contributed by atoms with Crippen LogP contribution in [-0.4, -0.2) is 45.3 Å². The van der Waals surface area contributed by atoms with Gasteiger partial charge in [-0.05, 0) is 36.2 Å². The van der Waals surface area contributed by atoms with Gasteiger partial charge in [0.1, 0.15) is 12.1 Å². The van der Waals surface area contributed by atoms with Gasteiger partial charge < -0.3 is 18.7 Å². The molecule has 0 saturated heterocycles. The van der Waals surface area contributed by atoms with Gasteiger partial charge in [0.15, 0.2) is 5.82 Å². The Kier molecular flexibility index (Phi) is 6.96. The van der Waals surface area contributed by atoms with Crippen molar-refractivity contribution in [3.63, 3.8) is 0 Å². The summed E-state index contributed by atoms with van der Waals surface area (Å²) in [6.45, 7) is 3.47. The maximum atomic E-state index is 12.7. The van der Waals surface area contributed by atoms with Crippen LogP contribution in [0.1, 0.15) is 29.8 Å². The molecule has 0 aliphatic heterocycles. The number of nitrogens with one attached hydrogen (secondary N) is 1. The van der Waals surface area contributed by atoms with Crippen molar-refractivity contribution in [2.75, 3.05) is 13.7 Å². The average molecular weight is 529 g/mol. The number of aromatic nitrogens is 4. The van der Waals surface area contributed by atoms with Crippen LogP contribution in [0, 0.1) is 0 Å². The van der Waals surface area contributed by atoms with Crippen molar-refractivity contribution in [2.45, 2.75) is 20.5 Å². The molecule has 5 aromatic rings. The summed E-state index contributed by atoms with van der Waals surface area (Å²) in [5.74, 6) is -1.37. The number of fused-ring (bicyclic) bond motifs is 1. The fourth-order valence-electron chi connectivity index (χ4n) is 4.33. The number of benzene rings is 3. The molecule has 2 heterocycles. The summed E-state index contributed by atoms with van der Waals surface area (Å²) in [6, 6.07) is 18.5. The van der Waals surface area contributed by atoms with Crippen molar-refractivity contribution < 1.29 is 28.3 Å². The Labute approximate surface area is 221 Å². The number of ether oxygens (including phenoxy) is 3. The smallest absolute Gasteiger partial charge is 0.460 e. The van der Waals surface area contributed by atoms with Crippen LogP contribution >= 0.6 is 0 Å². The van der Waals surface area contributed by atoms with Crippen molar-refractivity contribution in [2.24, 2.45) is 0 Å². The van der Waals surface area contributed by atoms with Crippen LogP contribution < -0.4 is 10.5 Å². The molecule has 0 saturated carbocycles. The highest BCUT2D eigenvalue weighted by atomic mass is 16.5. The molecule has 0 radical (unpaired) electrons. The average Bonchev–Trinajstić information content (AvgIpc) is 3.55. The molecule has 0 fully saturated rings. The predicted molar refractivity (Wildman–Crippen MR) is 141 cm³/mol. The lowest BCUT2D eigenvalue weighted by Crippen LogP contribution is -2.08. The number of aromatic amines is 1. The van der Waals surface area contributed by atoms with E-state index in [-0.39, 0.29) is 18.2 Å². The lowest BCUT2D eigenvalue weighted by atomic mass is 9.99. The first-order valence-corrected chi connectivity index (χ1v) is 12.1. The maximum absolute atomic E-state index is 12.7. The maximum Gasteiger partial charge on any atom is 0.460 e. The van der Waals surface area contributed by atoms with Gasteiger partial charge >= 0.3 is 23.7 Å². The number of esters is 2. The van der Waals surface area contributed by atoms with E-state index < -0.39 is 17.7 Å². The molecule has 0 bridgehead atoms. The second-order valence-corrected chi connectivity index (χ2v) is 8.43. The van der Waals surface area contributed by atoms with Crippen LogP contribution in [0.2, 0.25) is 0 Å². The van der Waals surface area contributed by atoms with Gasteiger partial charge in [-0.15, -0.1) is 0 Å². The molecule has 5 rings (SSSR count). The Morgan fingerprint density at radius 3 is 2.38 bits per heavy atom. The Bertz CT molecular complexity index is 1730. The SMILES string of the molecule is CCOc1nc2c(COC(C)=O)ccc(C(=O)OC)c2n1-c1ccc(-c2ccccc2-c2nc(=O)o[nH]2)cc1. The van der Waals surface area contributed by atoms with Crippen LogP contribution in [0.3, 0.4) is 0 Å². The molecule has 0 spiro atoms. The minimum absolute atomic E-state index is 0.0181. The Balaban J connectivity index is 1.66. The van der Waals surface area contributed by atoms with E-state index >= 15 is 0 Å². The van der Waals surface area contributed by atoms with Gasteiger partial charge in [-0.3, -0.25) is 9.36 Å². The highest BCUT2D eigenvalue weighted by Crippen LogP contribution is 2.34. The summed E-state index contributed by atoms with van der Waals surface area (Å²) in [5.41, 5.74) is 4.85.